The molecule has 2 aromatic carbocycles. The summed E-state index contributed by atoms with van der Waals surface area (Å²) in [7, 11) is 0. The molecule has 5 nitrogen and oxygen atoms in total. The van der Waals surface area contributed by atoms with Crippen LogP contribution >= 0.6 is 35.0 Å². The molecule has 1 fully saturated rings. The maximum Gasteiger partial charge on any atom is 0.293 e. The first kappa shape index (κ1) is 23.5. The van der Waals surface area contributed by atoms with E-state index in [0.29, 0.717) is 51.1 Å². The first-order valence-electron chi connectivity index (χ1n) is 9.88. The summed E-state index contributed by atoms with van der Waals surface area (Å²) >= 11 is 13.3. The van der Waals surface area contributed by atoms with Crippen molar-refractivity contribution in [2.45, 2.75) is 27.3 Å². The molecule has 8 heteroatoms. The zero-order valence-electron chi connectivity index (χ0n) is 17.5. The zero-order chi connectivity index (χ0) is 22.5. The number of hydrogen-bond donors (Lipinski definition) is 0. The summed E-state index contributed by atoms with van der Waals surface area (Å²) in [5.74, 6) is 1.24. The standard InChI is InChI=1S/C23H23Cl2NO4S/c1-4-29-20-10-15(8-9-19(20)30-13-14(2)3)11-21-22(27)26(23(28)31-21)12-16-17(24)6-5-7-18(16)25/h5-11,14H,4,12-13H2,1-3H3/b21-11-. The SMILES string of the molecule is CCOc1cc(/C=C2\SC(=O)N(Cc3c(Cl)cccc3Cl)C2=O)ccc1OCC(C)C. The minimum atomic E-state index is -0.385. The van der Waals surface area contributed by atoms with Crippen molar-refractivity contribution in [1.82, 2.24) is 4.90 Å². The quantitative estimate of drug-likeness (QED) is 0.396. The van der Waals surface area contributed by atoms with Gasteiger partial charge in [-0.2, -0.15) is 0 Å². The van der Waals surface area contributed by atoms with Gasteiger partial charge < -0.3 is 9.47 Å². The Labute approximate surface area is 196 Å². The predicted octanol–water partition coefficient (Wildman–Crippen LogP) is 6.66. The van der Waals surface area contributed by atoms with Crippen LogP contribution in [-0.4, -0.2) is 29.3 Å². The van der Waals surface area contributed by atoms with E-state index < -0.39 is 0 Å². The Morgan fingerprint density at radius 2 is 1.77 bits per heavy atom. The van der Waals surface area contributed by atoms with Crippen molar-refractivity contribution in [3.63, 3.8) is 0 Å². The topological polar surface area (TPSA) is 55.8 Å². The number of ether oxygens (including phenoxy) is 2. The van der Waals surface area contributed by atoms with E-state index in [1.165, 1.54) is 0 Å². The molecular formula is C23H23Cl2NO4S. The maximum atomic E-state index is 12.9. The summed E-state index contributed by atoms with van der Waals surface area (Å²) in [4.78, 5) is 26.8. The first-order chi connectivity index (χ1) is 14.8. The van der Waals surface area contributed by atoms with Crippen molar-refractivity contribution in [2.24, 2.45) is 5.92 Å². The Morgan fingerprint density at radius 3 is 2.42 bits per heavy atom. The van der Waals surface area contributed by atoms with Gasteiger partial charge in [0.15, 0.2) is 11.5 Å². The number of imide groups is 1. The third-order valence-electron chi connectivity index (χ3n) is 4.39. The molecule has 2 amide bonds. The summed E-state index contributed by atoms with van der Waals surface area (Å²) in [6.07, 6.45) is 1.67. The minimum Gasteiger partial charge on any atom is -0.490 e. The molecule has 0 bridgehead atoms. The van der Waals surface area contributed by atoms with E-state index in [1.807, 2.05) is 19.1 Å². The highest BCUT2D eigenvalue weighted by Gasteiger charge is 2.35. The molecule has 1 aliphatic heterocycles. The van der Waals surface area contributed by atoms with Crippen LogP contribution in [-0.2, 0) is 11.3 Å². The van der Waals surface area contributed by atoms with E-state index >= 15 is 0 Å². The van der Waals surface area contributed by atoms with Crippen LogP contribution in [0.2, 0.25) is 10.0 Å². The van der Waals surface area contributed by atoms with Crippen molar-refractivity contribution in [3.8, 4) is 11.5 Å². The van der Waals surface area contributed by atoms with Gasteiger partial charge in [0.2, 0.25) is 0 Å². The Bertz CT molecular complexity index is 1000. The molecule has 0 aromatic heterocycles. The van der Waals surface area contributed by atoms with Crippen LogP contribution in [0.25, 0.3) is 6.08 Å². The summed E-state index contributed by atoms with van der Waals surface area (Å²) in [6.45, 7) is 7.11. The fraction of sp³-hybridized carbons (Fsp3) is 0.304. The van der Waals surface area contributed by atoms with Gasteiger partial charge in [0, 0.05) is 15.6 Å². The van der Waals surface area contributed by atoms with Crippen LogP contribution < -0.4 is 9.47 Å². The van der Waals surface area contributed by atoms with Crippen LogP contribution in [0.1, 0.15) is 31.9 Å². The second-order valence-corrected chi connectivity index (χ2v) is 9.12. The van der Waals surface area contributed by atoms with Gasteiger partial charge in [0.25, 0.3) is 11.1 Å². The number of amides is 2. The predicted molar refractivity (Wildman–Crippen MR) is 126 cm³/mol. The monoisotopic (exact) mass is 479 g/mol. The molecular weight excluding hydrogens is 457 g/mol. The van der Waals surface area contributed by atoms with Crippen molar-refractivity contribution in [1.29, 1.82) is 0 Å². The van der Waals surface area contributed by atoms with Gasteiger partial charge in [-0.15, -0.1) is 0 Å². The van der Waals surface area contributed by atoms with Gasteiger partial charge in [-0.25, -0.2) is 0 Å². The van der Waals surface area contributed by atoms with Crippen LogP contribution in [0.15, 0.2) is 41.3 Å². The molecule has 3 rings (SSSR count). The lowest BCUT2D eigenvalue weighted by molar-refractivity contribution is -0.123. The molecule has 1 aliphatic rings. The summed E-state index contributed by atoms with van der Waals surface area (Å²) in [6, 6.07) is 10.5. The van der Waals surface area contributed by atoms with Crippen molar-refractivity contribution < 1.29 is 19.1 Å². The van der Waals surface area contributed by atoms with Crippen LogP contribution in [0.5, 0.6) is 11.5 Å². The molecule has 0 spiro atoms. The number of hydrogen-bond acceptors (Lipinski definition) is 5. The fourth-order valence-electron chi connectivity index (χ4n) is 2.89. The van der Waals surface area contributed by atoms with E-state index in [4.69, 9.17) is 32.7 Å². The van der Waals surface area contributed by atoms with Gasteiger partial charge in [0.1, 0.15) is 0 Å². The molecule has 31 heavy (non-hydrogen) atoms. The molecule has 0 saturated carbocycles. The number of benzene rings is 2. The molecule has 164 valence electrons. The number of carbonyl (C=O) groups excluding carboxylic acids is 2. The Balaban J connectivity index is 1.82. The van der Waals surface area contributed by atoms with Gasteiger partial charge in [-0.05, 0) is 60.5 Å². The fourth-order valence-corrected chi connectivity index (χ4v) is 4.24. The second kappa shape index (κ2) is 10.4. The number of nitrogens with zero attached hydrogens (tertiary/aromatic N) is 1. The van der Waals surface area contributed by atoms with E-state index in [9.17, 15) is 9.59 Å². The highest BCUT2D eigenvalue weighted by Crippen LogP contribution is 2.37. The number of carbonyl (C=O) groups is 2. The molecule has 0 atom stereocenters. The highest BCUT2D eigenvalue weighted by atomic mass is 35.5. The minimum absolute atomic E-state index is 0.0205. The third kappa shape index (κ3) is 5.76. The normalized spacial score (nSPS) is 15.3. The van der Waals surface area contributed by atoms with E-state index in [1.54, 1.807) is 30.3 Å². The van der Waals surface area contributed by atoms with Gasteiger partial charge in [-0.3, -0.25) is 14.5 Å². The second-order valence-electron chi connectivity index (χ2n) is 7.31. The average Bonchev–Trinajstić information content (AvgIpc) is 2.97. The van der Waals surface area contributed by atoms with Gasteiger partial charge in [-0.1, -0.05) is 49.2 Å². The Kier molecular flexibility index (Phi) is 7.92. The number of halogens is 2. The summed E-state index contributed by atoms with van der Waals surface area (Å²) in [5.41, 5.74) is 1.28. The third-order valence-corrected chi connectivity index (χ3v) is 6.00. The lowest BCUT2D eigenvalue weighted by Gasteiger charge is -2.15. The van der Waals surface area contributed by atoms with Gasteiger partial charge in [0.05, 0.1) is 24.7 Å². The van der Waals surface area contributed by atoms with Crippen molar-refractivity contribution >= 4 is 52.2 Å². The van der Waals surface area contributed by atoms with E-state index in [0.717, 1.165) is 22.2 Å². The largest absolute Gasteiger partial charge is 0.490 e. The van der Waals surface area contributed by atoms with Crippen LogP contribution in [0, 0.1) is 5.92 Å². The van der Waals surface area contributed by atoms with Gasteiger partial charge >= 0.3 is 0 Å². The van der Waals surface area contributed by atoms with Crippen LogP contribution in [0.4, 0.5) is 4.79 Å². The lowest BCUT2D eigenvalue weighted by Crippen LogP contribution is -2.27. The Hall–Kier alpha value is -2.15. The van der Waals surface area contributed by atoms with Crippen molar-refractivity contribution in [3.05, 3.63) is 62.5 Å². The molecule has 1 heterocycles. The highest BCUT2D eigenvalue weighted by molar-refractivity contribution is 8.18. The summed E-state index contributed by atoms with van der Waals surface area (Å²) in [5, 5.41) is 0.455. The summed E-state index contributed by atoms with van der Waals surface area (Å²) < 4.78 is 11.5. The molecule has 0 radical (unpaired) electrons. The average molecular weight is 480 g/mol. The lowest BCUT2D eigenvalue weighted by atomic mass is 10.1. The molecule has 2 aromatic rings. The number of thioether (sulfide) groups is 1. The Morgan fingerprint density at radius 1 is 1.06 bits per heavy atom. The number of rotatable bonds is 8. The zero-order valence-corrected chi connectivity index (χ0v) is 19.8. The molecule has 0 unspecified atom stereocenters. The molecule has 0 aliphatic carbocycles. The molecule has 0 N–H and O–H groups in total. The van der Waals surface area contributed by atoms with E-state index in [-0.39, 0.29) is 17.7 Å². The van der Waals surface area contributed by atoms with Crippen molar-refractivity contribution in [2.75, 3.05) is 13.2 Å². The molecule has 1 saturated heterocycles. The maximum absolute atomic E-state index is 12.9. The first-order valence-corrected chi connectivity index (χ1v) is 11.4. The van der Waals surface area contributed by atoms with E-state index in [2.05, 4.69) is 13.8 Å². The smallest absolute Gasteiger partial charge is 0.293 e. The van der Waals surface area contributed by atoms with Crippen LogP contribution in [0.3, 0.4) is 0 Å².